The second kappa shape index (κ2) is 30.1. The number of carbonyl (C=O) groups is 2. The number of methoxy groups -OCH3 is 6. The summed E-state index contributed by atoms with van der Waals surface area (Å²) in [7, 11) is 7.21. The highest BCUT2D eigenvalue weighted by atomic mass is 35.5. The molecule has 444 valence electrons. The normalized spacial score (nSPS) is 16.3. The van der Waals surface area contributed by atoms with Crippen molar-refractivity contribution in [2.24, 2.45) is 23.7 Å². The van der Waals surface area contributed by atoms with Gasteiger partial charge in [-0.3, -0.25) is 9.59 Å². The molecule has 2 saturated carbocycles. The van der Waals surface area contributed by atoms with Gasteiger partial charge in [-0.2, -0.15) is 40.4 Å². The first-order valence-corrected chi connectivity index (χ1v) is 27.3. The molecule has 0 bridgehead atoms. The molecular formula is C55H65BCl3N15O10. The molecule has 0 aromatic carbocycles. The summed E-state index contributed by atoms with van der Waals surface area (Å²) in [5.74, 6) is 4.29. The van der Waals surface area contributed by atoms with E-state index < -0.39 is 7.12 Å². The Balaban J connectivity index is 0.000000174. The Morgan fingerprint density at radius 1 is 0.536 bits per heavy atom. The van der Waals surface area contributed by atoms with Gasteiger partial charge < -0.3 is 43.8 Å². The second-order valence-corrected chi connectivity index (χ2v) is 21.0. The number of aromatic nitrogens is 14. The Morgan fingerprint density at radius 3 is 1.36 bits per heavy atom. The van der Waals surface area contributed by atoms with Gasteiger partial charge >= 0.3 is 25.1 Å². The third-order valence-electron chi connectivity index (χ3n) is 13.5. The highest BCUT2D eigenvalue weighted by molar-refractivity contribution is 6.59. The van der Waals surface area contributed by atoms with Crippen LogP contribution in [0.3, 0.4) is 0 Å². The lowest BCUT2D eigenvalue weighted by Crippen LogP contribution is -2.32. The van der Waals surface area contributed by atoms with Gasteiger partial charge in [-0.1, -0.05) is 62.5 Å². The minimum absolute atomic E-state index is 0.0850. The smallest absolute Gasteiger partial charge is 0.481 e. The monoisotopic (exact) mass is 1210 g/mol. The van der Waals surface area contributed by atoms with E-state index in [1.54, 1.807) is 45.5 Å². The number of amides is 1. The lowest BCUT2D eigenvalue weighted by atomic mass is 9.82. The molecule has 2 aliphatic carbocycles. The fraction of sp³-hybridized carbons (Fsp3) is 0.418. The number of hydrogen-bond acceptors (Lipinski definition) is 24. The van der Waals surface area contributed by atoms with Crippen molar-refractivity contribution in [3.63, 3.8) is 0 Å². The Bertz CT molecular complexity index is 3480. The van der Waals surface area contributed by atoms with Crippen molar-refractivity contribution >= 4 is 64.6 Å². The molecule has 2 fully saturated rings. The molecule has 29 heteroatoms. The van der Waals surface area contributed by atoms with Crippen LogP contribution in [0, 0.1) is 51.4 Å². The number of nitrogens with one attached hydrogen (secondary N) is 1. The van der Waals surface area contributed by atoms with Crippen LogP contribution in [-0.4, -0.2) is 142 Å². The summed E-state index contributed by atoms with van der Waals surface area (Å²) in [6.45, 7) is 16.5. The van der Waals surface area contributed by atoms with E-state index in [1.807, 2.05) is 19.9 Å². The van der Waals surface area contributed by atoms with Gasteiger partial charge in [-0.25, -0.2) is 15.0 Å². The Kier molecular flexibility index (Phi) is 23.4. The maximum atomic E-state index is 12.0. The molecule has 3 N–H and O–H groups in total. The van der Waals surface area contributed by atoms with Crippen LogP contribution < -0.4 is 39.2 Å². The van der Waals surface area contributed by atoms with Crippen molar-refractivity contribution < 1.29 is 48.1 Å². The lowest BCUT2D eigenvalue weighted by molar-refractivity contribution is -0.125. The van der Waals surface area contributed by atoms with Gasteiger partial charge in [0.2, 0.25) is 23.5 Å². The first kappa shape index (κ1) is 65.3. The van der Waals surface area contributed by atoms with Crippen molar-refractivity contribution in [2.45, 2.75) is 86.5 Å². The van der Waals surface area contributed by atoms with Crippen LogP contribution in [0.4, 0.5) is 0 Å². The third kappa shape index (κ3) is 17.1. The fourth-order valence-corrected chi connectivity index (χ4v) is 9.12. The number of ether oxygens (including phenoxy) is 6. The topological polar surface area (TPSA) is 322 Å². The van der Waals surface area contributed by atoms with Gasteiger partial charge in [0.1, 0.15) is 11.4 Å². The van der Waals surface area contributed by atoms with Crippen molar-refractivity contribution in [3.8, 4) is 58.2 Å². The van der Waals surface area contributed by atoms with Gasteiger partial charge in [0.05, 0.1) is 110 Å². The minimum atomic E-state index is -1.65. The zero-order chi connectivity index (χ0) is 61.5. The highest BCUT2D eigenvalue weighted by Gasteiger charge is 2.43. The SMILES string of the molecule is COc1ncc(-c2cc(C3CC3C(C)C)c(C)nn2)c(OC)n1.COc1ncc(-c2cc(Cl)c(C)nn2)c(OC)n1.COc1ncc(B(O)O)c(OC)n1.Cc1nnc(C2=CNC(=O)CC2=O)cc1C1CC1C(C)C.Cc1nnc(Cl)cc1Cl. The molecule has 10 rings (SSSR count). The molecule has 4 unspecified atom stereocenters. The van der Waals surface area contributed by atoms with Gasteiger partial charge in [0.25, 0.3) is 0 Å². The van der Waals surface area contributed by atoms with E-state index in [9.17, 15) is 9.59 Å². The predicted octanol–water partition coefficient (Wildman–Crippen LogP) is 7.17. The van der Waals surface area contributed by atoms with Crippen LogP contribution in [0.5, 0.6) is 35.7 Å². The number of nitrogens with zero attached hydrogens (tertiary/aromatic N) is 14. The molecule has 7 aromatic rings. The summed E-state index contributed by atoms with van der Waals surface area (Å²) in [5.41, 5.74) is 9.46. The van der Waals surface area contributed by atoms with Crippen molar-refractivity contribution in [1.29, 1.82) is 0 Å². The fourth-order valence-electron chi connectivity index (χ4n) is 8.64. The van der Waals surface area contributed by atoms with Crippen molar-refractivity contribution in [3.05, 3.63) is 104 Å². The number of halogens is 3. The zero-order valence-corrected chi connectivity index (χ0v) is 51.1. The van der Waals surface area contributed by atoms with Crippen LogP contribution in [-0.2, 0) is 9.59 Å². The second-order valence-electron chi connectivity index (χ2n) is 19.8. The minimum Gasteiger partial charge on any atom is -0.481 e. The van der Waals surface area contributed by atoms with E-state index in [2.05, 4.69) is 110 Å². The molecular weight excluding hydrogens is 1150 g/mol. The Morgan fingerprint density at radius 2 is 0.952 bits per heavy atom. The molecule has 8 heterocycles. The number of Topliss-reactive ketones (excluding diaryl/α,β-unsaturated/α-hetero) is 1. The van der Waals surface area contributed by atoms with Crippen LogP contribution in [0.2, 0.25) is 15.2 Å². The molecule has 84 heavy (non-hydrogen) atoms. The number of carbonyl (C=O) groups excluding carboxylic acids is 2. The molecule has 3 aliphatic rings. The number of hydrogen-bond donors (Lipinski definition) is 3. The summed E-state index contributed by atoms with van der Waals surface area (Å²) in [5, 5.41) is 53.9. The van der Waals surface area contributed by atoms with Crippen molar-refractivity contribution in [2.75, 3.05) is 42.7 Å². The van der Waals surface area contributed by atoms with E-state index in [1.165, 1.54) is 71.9 Å². The first-order valence-electron chi connectivity index (χ1n) is 26.1. The largest absolute Gasteiger partial charge is 0.495 e. The van der Waals surface area contributed by atoms with Gasteiger partial charge in [-0.05, 0) is 111 Å². The van der Waals surface area contributed by atoms with Crippen LogP contribution >= 0.6 is 34.8 Å². The molecule has 4 atom stereocenters. The zero-order valence-electron chi connectivity index (χ0n) is 48.8. The standard InChI is InChI=1S/C17H22N4O2.C16H19N3O2.C11H11ClN4O2.C6H9BN2O4.C5H4Cl2N2/c1-9(2)11-6-13(11)12-7-15(21-20-10(12)3)14-8-18-17(23-5)19-16(14)22-4;1-8(2)10-4-12(10)11-5-14(19-18-9(11)3)13-7-17-16(21)6-15(13)20;1-6-8(12)4-9(16-15-6)7-5-13-11(18-3)14-10(7)17-2;1-12-5-4(7(10)11)3-8-6(9-5)13-2;1-3-4(6)2-5(7)9-8-3/h7-9,11,13H,6H2,1-5H3;5,7-8,10,12H,4,6H2,1-3H3,(H,17,21);4-5H,1-3H3;3,10-11H,1-2H3;2H,1H3. The van der Waals surface area contributed by atoms with E-state index in [0.29, 0.717) is 90.5 Å². The molecule has 1 amide bonds. The van der Waals surface area contributed by atoms with E-state index >= 15 is 0 Å². The summed E-state index contributed by atoms with van der Waals surface area (Å²) in [6, 6.07) is 7.93. The summed E-state index contributed by atoms with van der Waals surface area (Å²) in [6.07, 6.45) is 8.18. The van der Waals surface area contributed by atoms with Gasteiger partial charge in [-0.15, -0.1) is 15.3 Å². The average Bonchev–Trinajstić information content (AvgIpc) is 4.64. The van der Waals surface area contributed by atoms with Crippen LogP contribution in [0.1, 0.15) is 98.4 Å². The molecule has 0 radical (unpaired) electrons. The average molecular weight is 1210 g/mol. The number of rotatable bonds is 14. The molecule has 0 saturated heterocycles. The maximum absolute atomic E-state index is 12.0. The number of aryl methyl sites for hydroxylation is 4. The molecule has 7 aromatic heterocycles. The van der Waals surface area contributed by atoms with E-state index in [-0.39, 0.29) is 47.5 Å². The number of allylic oxidation sites excluding steroid dienone is 1. The Labute approximate surface area is 501 Å². The van der Waals surface area contributed by atoms with Gasteiger partial charge in [0.15, 0.2) is 10.9 Å². The van der Waals surface area contributed by atoms with Crippen LogP contribution in [0.25, 0.3) is 28.1 Å². The summed E-state index contributed by atoms with van der Waals surface area (Å²) in [4.78, 5) is 47.1. The van der Waals surface area contributed by atoms with Crippen LogP contribution in [0.15, 0.2) is 49.1 Å². The quantitative estimate of drug-likeness (QED) is 0.0717. The summed E-state index contributed by atoms with van der Waals surface area (Å²) < 4.78 is 30.0. The van der Waals surface area contributed by atoms with E-state index in [0.717, 1.165) is 28.6 Å². The molecule has 25 nitrogen and oxygen atoms in total. The predicted molar refractivity (Wildman–Crippen MR) is 312 cm³/mol. The van der Waals surface area contributed by atoms with E-state index in [4.69, 9.17) is 73.3 Å². The molecule has 0 spiro atoms. The molecule has 1 aliphatic heterocycles. The number of ketones is 1. The first-order chi connectivity index (χ1) is 40.0. The summed E-state index contributed by atoms with van der Waals surface area (Å²) >= 11 is 17.1. The maximum Gasteiger partial charge on any atom is 0.495 e. The van der Waals surface area contributed by atoms with Gasteiger partial charge in [0, 0.05) is 24.8 Å². The van der Waals surface area contributed by atoms with Crippen molar-refractivity contribution in [1.82, 2.24) is 76.0 Å². The third-order valence-corrected chi connectivity index (χ3v) is 14.4. The lowest BCUT2D eigenvalue weighted by Gasteiger charge is -2.13. The Hall–Kier alpha value is -7.91. The highest BCUT2D eigenvalue weighted by Crippen LogP contribution is 2.53.